The van der Waals surface area contributed by atoms with Crippen molar-refractivity contribution >= 4 is 46.4 Å². The highest BCUT2D eigenvalue weighted by atomic mass is 16.4. The van der Waals surface area contributed by atoms with Crippen molar-refractivity contribution in [3.8, 4) is 0 Å². The predicted molar refractivity (Wildman–Crippen MR) is 143 cm³/mol. The van der Waals surface area contributed by atoms with Crippen LogP contribution in [0.25, 0.3) is 11.6 Å². The monoisotopic (exact) mass is 492 g/mol. The Morgan fingerprint density at radius 2 is 1.65 bits per heavy atom. The average Bonchev–Trinajstić information content (AvgIpc) is 3.38. The summed E-state index contributed by atoms with van der Waals surface area (Å²) in [6, 6.07) is 21.3. The van der Waals surface area contributed by atoms with Gasteiger partial charge < -0.3 is 15.4 Å². The van der Waals surface area contributed by atoms with Gasteiger partial charge in [-0.15, -0.1) is 0 Å². The number of hydrogen-bond acceptors (Lipinski definition) is 5. The number of amides is 1. The third kappa shape index (κ3) is 4.19. The molecule has 184 valence electrons. The molecule has 0 spiro atoms. The summed E-state index contributed by atoms with van der Waals surface area (Å²) >= 11 is 0. The number of nitrogens with zero attached hydrogens (tertiary/aromatic N) is 1. The Morgan fingerprint density at radius 3 is 2.35 bits per heavy atom. The molecule has 3 aromatic carbocycles. The number of ketones is 1. The van der Waals surface area contributed by atoms with Crippen LogP contribution in [0.3, 0.4) is 0 Å². The summed E-state index contributed by atoms with van der Waals surface area (Å²) in [4.78, 5) is 40.6. The number of hydrogen-bond donors (Lipinski definition) is 4. The molecule has 1 aliphatic rings. The van der Waals surface area contributed by atoms with Gasteiger partial charge in [0.25, 0.3) is 5.91 Å². The van der Waals surface area contributed by atoms with Gasteiger partial charge >= 0.3 is 5.97 Å². The smallest absolute Gasteiger partial charge is 0.337 e. The number of carbonyl (C=O) groups is 3. The fourth-order valence-electron chi connectivity index (χ4n) is 4.62. The van der Waals surface area contributed by atoms with Crippen molar-refractivity contribution in [3.05, 3.63) is 112 Å². The molecule has 1 aromatic heterocycles. The molecule has 0 radical (unpaired) electrons. The highest BCUT2D eigenvalue weighted by Crippen LogP contribution is 2.41. The summed E-state index contributed by atoms with van der Waals surface area (Å²) in [6.45, 7) is 3.39. The lowest BCUT2D eigenvalue weighted by atomic mass is 10.0. The van der Waals surface area contributed by atoms with Gasteiger partial charge in [-0.2, -0.15) is 0 Å². The van der Waals surface area contributed by atoms with Crippen LogP contribution in [0.15, 0.2) is 72.8 Å². The maximum Gasteiger partial charge on any atom is 0.337 e. The van der Waals surface area contributed by atoms with Gasteiger partial charge in [-0.25, -0.2) is 10.6 Å². The van der Waals surface area contributed by atoms with Crippen LogP contribution in [-0.2, 0) is 4.79 Å². The summed E-state index contributed by atoms with van der Waals surface area (Å²) in [6.07, 6.45) is 1.65. The highest BCUT2D eigenvalue weighted by molar-refractivity contribution is 6.36. The molecule has 1 amide bonds. The molecule has 0 unspecified atom stereocenters. The molecule has 1 aliphatic heterocycles. The van der Waals surface area contributed by atoms with Crippen LogP contribution < -0.4 is 16.2 Å². The zero-order chi connectivity index (χ0) is 26.3. The summed E-state index contributed by atoms with van der Waals surface area (Å²) in [5.74, 6) is 5.03. The Hall–Kier alpha value is -4.95. The van der Waals surface area contributed by atoms with Crippen molar-refractivity contribution in [1.82, 2.24) is 4.98 Å². The van der Waals surface area contributed by atoms with Gasteiger partial charge in [0.05, 0.1) is 28.2 Å². The van der Waals surface area contributed by atoms with Crippen molar-refractivity contribution in [1.29, 1.82) is 0 Å². The maximum atomic E-state index is 13.0. The second-order valence-electron chi connectivity index (χ2n) is 8.80. The molecule has 0 fully saturated rings. The third-order valence-corrected chi connectivity index (χ3v) is 6.48. The first kappa shape index (κ1) is 23.8. The molecular weight excluding hydrogens is 468 g/mol. The molecule has 37 heavy (non-hydrogen) atoms. The predicted octanol–water partition coefficient (Wildman–Crippen LogP) is 5.07. The molecule has 5 rings (SSSR count). The minimum absolute atomic E-state index is 0.120. The van der Waals surface area contributed by atoms with Gasteiger partial charge in [-0.05, 0) is 43.7 Å². The number of nitrogens with two attached hydrogens (primary N) is 1. The molecule has 0 saturated heterocycles. The van der Waals surface area contributed by atoms with Gasteiger partial charge in [0.15, 0.2) is 5.78 Å². The SMILES string of the molecule is Cc1[nH]c(C=C2C(=O)Nc3c2cccc3N(N)c2cccc(C(=O)c3ccccc3)c2)c(C)c1C(=O)O. The number of hydrazine groups is 1. The normalized spacial score (nSPS) is 13.4. The number of carboxylic acid groups (broad SMARTS) is 1. The van der Waals surface area contributed by atoms with E-state index >= 15 is 0 Å². The van der Waals surface area contributed by atoms with Gasteiger partial charge in [0.2, 0.25) is 0 Å². The number of anilines is 3. The number of rotatable bonds is 6. The molecule has 0 aliphatic carbocycles. The van der Waals surface area contributed by atoms with Crippen LogP contribution in [0, 0.1) is 13.8 Å². The van der Waals surface area contributed by atoms with Gasteiger partial charge in [-0.1, -0.05) is 54.6 Å². The fraction of sp³-hybridized carbons (Fsp3) is 0.0690. The summed E-state index contributed by atoms with van der Waals surface area (Å²) in [5, 5.41) is 13.8. The molecule has 0 saturated carbocycles. The molecule has 5 N–H and O–H groups in total. The number of aromatic amines is 1. The van der Waals surface area contributed by atoms with Crippen LogP contribution in [0.1, 0.15) is 48.8 Å². The van der Waals surface area contributed by atoms with Crippen molar-refractivity contribution in [2.75, 3.05) is 10.3 Å². The topological polar surface area (TPSA) is 129 Å². The molecule has 0 atom stereocenters. The van der Waals surface area contributed by atoms with Gasteiger partial charge in [-0.3, -0.25) is 14.6 Å². The molecule has 8 nitrogen and oxygen atoms in total. The van der Waals surface area contributed by atoms with Crippen molar-refractivity contribution < 1.29 is 19.5 Å². The van der Waals surface area contributed by atoms with Gasteiger partial charge in [0.1, 0.15) is 0 Å². The van der Waals surface area contributed by atoms with E-state index in [0.717, 1.165) is 0 Å². The van der Waals surface area contributed by atoms with Crippen LogP contribution >= 0.6 is 0 Å². The van der Waals surface area contributed by atoms with Gasteiger partial charge in [0, 0.05) is 28.1 Å². The Labute approximate surface area is 213 Å². The van der Waals surface area contributed by atoms with E-state index in [0.29, 0.717) is 56.3 Å². The number of H-pyrrole nitrogens is 1. The van der Waals surface area contributed by atoms with Crippen molar-refractivity contribution in [3.63, 3.8) is 0 Å². The lowest BCUT2D eigenvalue weighted by molar-refractivity contribution is -0.110. The third-order valence-electron chi connectivity index (χ3n) is 6.48. The minimum atomic E-state index is -1.03. The second kappa shape index (κ2) is 9.25. The zero-order valence-electron chi connectivity index (χ0n) is 20.2. The molecule has 8 heteroatoms. The summed E-state index contributed by atoms with van der Waals surface area (Å²) in [7, 11) is 0. The first-order valence-corrected chi connectivity index (χ1v) is 11.6. The Bertz CT molecular complexity index is 1600. The van der Waals surface area contributed by atoms with Crippen LogP contribution in [0.2, 0.25) is 0 Å². The van der Waals surface area contributed by atoms with E-state index in [2.05, 4.69) is 10.3 Å². The first-order valence-electron chi connectivity index (χ1n) is 11.6. The van der Waals surface area contributed by atoms with E-state index in [-0.39, 0.29) is 17.3 Å². The standard InChI is InChI=1S/C29H24N4O4/c1-16-23(31-17(2)25(16)29(36)37)15-22-21-12-7-13-24(26(21)32-28(22)35)33(30)20-11-6-10-19(14-20)27(34)18-8-4-3-5-9-18/h3-15,31H,30H2,1-2H3,(H,32,35)(H,36,37). The van der Waals surface area contributed by atoms with Crippen molar-refractivity contribution in [2.45, 2.75) is 13.8 Å². The van der Waals surface area contributed by atoms with Crippen molar-refractivity contribution in [2.24, 2.45) is 5.84 Å². The molecule has 0 bridgehead atoms. The van der Waals surface area contributed by atoms with Crippen LogP contribution in [0.5, 0.6) is 0 Å². The van der Waals surface area contributed by atoms with E-state index in [9.17, 15) is 19.5 Å². The molecule has 4 aromatic rings. The number of aromatic carboxylic acids is 1. The summed E-state index contributed by atoms with van der Waals surface area (Å²) in [5.41, 5.74) is 5.55. The molecular formula is C29H24N4O4. The quantitative estimate of drug-likeness (QED) is 0.129. The van der Waals surface area contributed by atoms with E-state index in [1.807, 2.05) is 18.2 Å². The number of carboxylic acids is 1. The Kier molecular flexibility index (Phi) is 5.95. The fourth-order valence-corrected chi connectivity index (χ4v) is 4.62. The zero-order valence-corrected chi connectivity index (χ0v) is 20.2. The van der Waals surface area contributed by atoms with E-state index in [1.165, 1.54) is 5.01 Å². The van der Waals surface area contributed by atoms with Crippen LogP contribution in [0.4, 0.5) is 17.1 Å². The molecule has 2 heterocycles. The Morgan fingerprint density at radius 1 is 0.946 bits per heavy atom. The van der Waals surface area contributed by atoms with E-state index in [4.69, 9.17) is 5.84 Å². The number of fused-ring (bicyclic) bond motifs is 1. The van der Waals surface area contributed by atoms with E-state index < -0.39 is 5.97 Å². The second-order valence-corrected chi connectivity index (χ2v) is 8.80. The number of benzene rings is 3. The van der Waals surface area contributed by atoms with E-state index in [1.54, 1.807) is 74.5 Å². The highest BCUT2D eigenvalue weighted by Gasteiger charge is 2.29. The number of para-hydroxylation sites is 1. The Balaban J connectivity index is 1.52. The number of aromatic nitrogens is 1. The largest absolute Gasteiger partial charge is 0.478 e. The summed E-state index contributed by atoms with van der Waals surface area (Å²) < 4.78 is 0. The van der Waals surface area contributed by atoms with Crippen LogP contribution in [-0.4, -0.2) is 27.8 Å². The number of carbonyl (C=O) groups excluding carboxylic acids is 2. The minimum Gasteiger partial charge on any atom is -0.478 e. The number of nitrogens with one attached hydrogen (secondary N) is 2. The average molecular weight is 493 g/mol. The maximum absolute atomic E-state index is 13.0. The lowest BCUT2D eigenvalue weighted by Gasteiger charge is -2.22. The lowest BCUT2D eigenvalue weighted by Crippen LogP contribution is -2.26. The number of aryl methyl sites for hydroxylation is 1. The first-order chi connectivity index (χ1) is 17.8.